The van der Waals surface area contributed by atoms with E-state index in [4.69, 9.17) is 0 Å². The first kappa shape index (κ1) is 13.0. The van der Waals surface area contributed by atoms with Gasteiger partial charge in [0.25, 0.3) is 0 Å². The van der Waals surface area contributed by atoms with Gasteiger partial charge in [-0.15, -0.1) is 0 Å². The Morgan fingerprint density at radius 3 is 2.73 bits per heavy atom. The van der Waals surface area contributed by atoms with Crippen molar-refractivity contribution in [2.75, 3.05) is 11.9 Å². The summed E-state index contributed by atoms with van der Waals surface area (Å²) in [5.41, 5.74) is 0. The van der Waals surface area contributed by atoms with E-state index in [0.717, 1.165) is 24.7 Å². The number of unbranched alkanes of at least 4 members (excludes halogenated alkanes) is 2. The summed E-state index contributed by atoms with van der Waals surface area (Å²) in [4.78, 5) is 11.8. The van der Waals surface area contributed by atoms with E-state index in [1.54, 1.807) is 0 Å². The van der Waals surface area contributed by atoms with Crippen molar-refractivity contribution in [3.05, 3.63) is 0 Å². The minimum Gasteiger partial charge on any atom is -0.356 e. The van der Waals surface area contributed by atoms with Crippen molar-refractivity contribution in [1.29, 1.82) is 0 Å². The zero-order valence-electron chi connectivity index (χ0n) is 9.60. The standard InChI is InChI=1S/C12H22BrNO/c1-10-6-5-7-11(10)12(15)14-9-4-2-3-8-13/h10-11H,2-9H2,1H3,(H,14,15). The highest BCUT2D eigenvalue weighted by Crippen LogP contribution is 2.31. The monoisotopic (exact) mass is 275 g/mol. The van der Waals surface area contributed by atoms with Crippen molar-refractivity contribution in [3.63, 3.8) is 0 Å². The summed E-state index contributed by atoms with van der Waals surface area (Å²) in [5, 5.41) is 4.13. The summed E-state index contributed by atoms with van der Waals surface area (Å²) in [6, 6.07) is 0. The molecule has 0 radical (unpaired) electrons. The summed E-state index contributed by atoms with van der Waals surface area (Å²) < 4.78 is 0. The molecule has 1 aliphatic carbocycles. The van der Waals surface area contributed by atoms with Crippen LogP contribution >= 0.6 is 15.9 Å². The van der Waals surface area contributed by atoms with Crippen LogP contribution in [0.25, 0.3) is 0 Å². The summed E-state index contributed by atoms with van der Waals surface area (Å²) in [6.45, 7) is 3.05. The Bertz CT molecular complexity index is 196. The van der Waals surface area contributed by atoms with Crippen molar-refractivity contribution < 1.29 is 4.79 Å². The number of carbonyl (C=O) groups excluding carboxylic acids is 1. The van der Waals surface area contributed by atoms with Gasteiger partial charge in [0.15, 0.2) is 0 Å². The number of carbonyl (C=O) groups is 1. The third-order valence-electron chi connectivity index (χ3n) is 3.31. The molecule has 3 heteroatoms. The summed E-state index contributed by atoms with van der Waals surface area (Å²) in [7, 11) is 0. The predicted molar refractivity (Wildman–Crippen MR) is 67.2 cm³/mol. The first-order chi connectivity index (χ1) is 7.25. The number of nitrogens with one attached hydrogen (secondary N) is 1. The van der Waals surface area contributed by atoms with E-state index < -0.39 is 0 Å². The summed E-state index contributed by atoms with van der Waals surface area (Å²) in [5.74, 6) is 1.17. The van der Waals surface area contributed by atoms with Crippen LogP contribution in [0.4, 0.5) is 0 Å². The lowest BCUT2D eigenvalue weighted by molar-refractivity contribution is -0.125. The van der Waals surface area contributed by atoms with Gasteiger partial charge in [0.2, 0.25) is 5.91 Å². The average Bonchev–Trinajstić information content (AvgIpc) is 2.64. The van der Waals surface area contributed by atoms with Crippen molar-refractivity contribution in [2.45, 2.75) is 45.4 Å². The number of alkyl halides is 1. The van der Waals surface area contributed by atoms with Crippen LogP contribution < -0.4 is 5.32 Å². The van der Waals surface area contributed by atoms with E-state index in [1.165, 1.54) is 25.7 Å². The van der Waals surface area contributed by atoms with Gasteiger partial charge in [0.05, 0.1) is 0 Å². The molecule has 0 aliphatic heterocycles. The zero-order valence-corrected chi connectivity index (χ0v) is 11.2. The molecule has 0 aromatic carbocycles. The van der Waals surface area contributed by atoms with Crippen LogP contribution in [0.15, 0.2) is 0 Å². The van der Waals surface area contributed by atoms with Gasteiger partial charge < -0.3 is 5.32 Å². The first-order valence-electron chi connectivity index (χ1n) is 6.09. The quantitative estimate of drug-likeness (QED) is 0.586. The highest BCUT2D eigenvalue weighted by Gasteiger charge is 2.29. The maximum Gasteiger partial charge on any atom is 0.223 e. The second-order valence-electron chi connectivity index (χ2n) is 4.56. The van der Waals surface area contributed by atoms with Crippen LogP contribution in [0.3, 0.4) is 0 Å². The van der Waals surface area contributed by atoms with Crippen LogP contribution in [0, 0.1) is 11.8 Å². The zero-order chi connectivity index (χ0) is 11.1. The summed E-state index contributed by atoms with van der Waals surface area (Å²) >= 11 is 3.40. The normalized spacial score (nSPS) is 25.5. The highest BCUT2D eigenvalue weighted by molar-refractivity contribution is 9.09. The molecular formula is C12H22BrNO. The van der Waals surface area contributed by atoms with Gasteiger partial charge in [-0.25, -0.2) is 0 Å². The maximum atomic E-state index is 11.8. The van der Waals surface area contributed by atoms with E-state index in [-0.39, 0.29) is 0 Å². The Balaban J connectivity index is 2.08. The van der Waals surface area contributed by atoms with Gasteiger partial charge in [-0.05, 0) is 31.6 Å². The van der Waals surface area contributed by atoms with Crippen LogP contribution in [0.5, 0.6) is 0 Å². The number of halogens is 1. The Labute approximate surface area is 101 Å². The van der Waals surface area contributed by atoms with Crippen LogP contribution in [0.2, 0.25) is 0 Å². The molecule has 1 rings (SSSR count). The third kappa shape index (κ3) is 4.54. The fraction of sp³-hybridized carbons (Fsp3) is 0.917. The molecule has 2 atom stereocenters. The van der Waals surface area contributed by atoms with E-state index in [9.17, 15) is 4.79 Å². The van der Waals surface area contributed by atoms with Crippen molar-refractivity contribution >= 4 is 21.8 Å². The van der Waals surface area contributed by atoms with E-state index in [0.29, 0.717) is 17.7 Å². The minimum atomic E-state index is 0.291. The third-order valence-corrected chi connectivity index (χ3v) is 3.87. The van der Waals surface area contributed by atoms with Crippen LogP contribution in [-0.4, -0.2) is 17.8 Å². The molecule has 2 nitrogen and oxygen atoms in total. The molecule has 0 spiro atoms. The van der Waals surface area contributed by atoms with E-state index >= 15 is 0 Å². The molecule has 0 heterocycles. The molecule has 15 heavy (non-hydrogen) atoms. The lowest BCUT2D eigenvalue weighted by Gasteiger charge is -2.14. The van der Waals surface area contributed by atoms with Crippen LogP contribution in [0.1, 0.15) is 45.4 Å². The number of hydrogen-bond acceptors (Lipinski definition) is 1. The Kier molecular flexibility index (Phi) is 6.30. The number of amides is 1. The molecule has 1 aliphatic rings. The maximum absolute atomic E-state index is 11.8. The predicted octanol–water partition coefficient (Wildman–Crippen LogP) is 3.10. The topological polar surface area (TPSA) is 29.1 Å². The largest absolute Gasteiger partial charge is 0.356 e. The fourth-order valence-corrected chi connectivity index (χ4v) is 2.67. The minimum absolute atomic E-state index is 0.291. The van der Waals surface area contributed by atoms with Gasteiger partial charge in [-0.2, -0.15) is 0 Å². The molecule has 0 aromatic rings. The molecule has 0 aromatic heterocycles. The summed E-state index contributed by atoms with van der Waals surface area (Å²) in [6.07, 6.45) is 7.05. The van der Waals surface area contributed by atoms with Gasteiger partial charge in [-0.3, -0.25) is 4.79 Å². The average molecular weight is 276 g/mol. The Hall–Kier alpha value is -0.0500. The molecule has 1 fully saturated rings. The fourth-order valence-electron chi connectivity index (χ4n) is 2.27. The van der Waals surface area contributed by atoms with E-state index in [2.05, 4.69) is 28.2 Å². The van der Waals surface area contributed by atoms with Crippen LogP contribution in [-0.2, 0) is 4.79 Å². The smallest absolute Gasteiger partial charge is 0.223 e. The molecule has 1 N–H and O–H groups in total. The van der Waals surface area contributed by atoms with Gasteiger partial charge in [-0.1, -0.05) is 35.7 Å². The molecule has 0 bridgehead atoms. The second-order valence-corrected chi connectivity index (χ2v) is 5.35. The number of hydrogen-bond donors (Lipinski definition) is 1. The van der Waals surface area contributed by atoms with Gasteiger partial charge in [0, 0.05) is 17.8 Å². The molecular weight excluding hydrogens is 254 g/mol. The van der Waals surface area contributed by atoms with Gasteiger partial charge in [0.1, 0.15) is 0 Å². The van der Waals surface area contributed by atoms with E-state index in [1.807, 2.05) is 0 Å². The lowest BCUT2D eigenvalue weighted by Crippen LogP contribution is -2.32. The van der Waals surface area contributed by atoms with Crippen molar-refractivity contribution in [1.82, 2.24) is 5.32 Å². The molecule has 0 saturated heterocycles. The molecule has 1 saturated carbocycles. The SMILES string of the molecule is CC1CCCC1C(=O)NCCCCCBr. The lowest BCUT2D eigenvalue weighted by atomic mass is 9.97. The Morgan fingerprint density at radius 2 is 2.13 bits per heavy atom. The van der Waals surface area contributed by atoms with Gasteiger partial charge >= 0.3 is 0 Å². The molecule has 2 unspecified atom stereocenters. The highest BCUT2D eigenvalue weighted by atomic mass is 79.9. The van der Waals surface area contributed by atoms with Crippen molar-refractivity contribution in [2.24, 2.45) is 11.8 Å². The molecule has 88 valence electrons. The van der Waals surface area contributed by atoms with Crippen molar-refractivity contribution in [3.8, 4) is 0 Å². The second kappa shape index (κ2) is 7.26. The Morgan fingerprint density at radius 1 is 1.33 bits per heavy atom. The molecule has 1 amide bonds. The number of rotatable bonds is 6. The first-order valence-corrected chi connectivity index (χ1v) is 7.21.